The summed E-state index contributed by atoms with van der Waals surface area (Å²) in [6.45, 7) is 4.90. The summed E-state index contributed by atoms with van der Waals surface area (Å²) in [5, 5.41) is 2.95. The smallest absolute Gasteiger partial charge is 0.323 e. The van der Waals surface area contributed by atoms with Crippen molar-refractivity contribution < 1.29 is 14.3 Å². The monoisotopic (exact) mass is 290 g/mol. The first-order valence-electron chi connectivity index (χ1n) is 7.21. The largest absolute Gasteiger partial charge is 0.468 e. The molecule has 1 N–H and O–H groups in total. The Morgan fingerprint density at radius 1 is 1.33 bits per heavy atom. The maximum absolute atomic E-state index is 12.2. The quantitative estimate of drug-likeness (QED) is 0.860. The Balaban J connectivity index is 2.00. The molecule has 1 amide bonds. The number of esters is 1. The molecule has 1 unspecified atom stereocenters. The van der Waals surface area contributed by atoms with Gasteiger partial charge in [0.2, 0.25) is 5.91 Å². The summed E-state index contributed by atoms with van der Waals surface area (Å²) in [5.41, 5.74) is 2.93. The van der Waals surface area contributed by atoms with Gasteiger partial charge in [-0.15, -0.1) is 0 Å². The molecular formula is C16H22N2O3. The summed E-state index contributed by atoms with van der Waals surface area (Å²) in [6, 6.07) is 5.61. The van der Waals surface area contributed by atoms with Crippen LogP contribution in [0.1, 0.15) is 24.0 Å². The van der Waals surface area contributed by atoms with Crippen LogP contribution in [0.3, 0.4) is 0 Å². The van der Waals surface area contributed by atoms with E-state index in [0.717, 1.165) is 36.2 Å². The number of carbonyl (C=O) groups is 2. The van der Waals surface area contributed by atoms with Crippen LogP contribution in [0.5, 0.6) is 0 Å². The molecule has 21 heavy (non-hydrogen) atoms. The van der Waals surface area contributed by atoms with E-state index in [1.165, 1.54) is 7.11 Å². The number of aryl methyl sites for hydroxylation is 2. The zero-order chi connectivity index (χ0) is 15.4. The highest BCUT2D eigenvalue weighted by atomic mass is 16.5. The molecule has 5 heteroatoms. The lowest BCUT2D eigenvalue weighted by molar-refractivity contribution is -0.146. The van der Waals surface area contributed by atoms with Crippen LogP contribution in [0.15, 0.2) is 18.2 Å². The fourth-order valence-corrected chi connectivity index (χ4v) is 2.79. The number of methoxy groups -OCH3 is 1. The van der Waals surface area contributed by atoms with E-state index in [1.807, 2.05) is 36.9 Å². The Kier molecular flexibility index (Phi) is 4.96. The van der Waals surface area contributed by atoms with Crippen LogP contribution < -0.4 is 5.32 Å². The molecule has 2 rings (SSSR count). The van der Waals surface area contributed by atoms with E-state index in [-0.39, 0.29) is 24.5 Å². The van der Waals surface area contributed by atoms with Crippen LogP contribution in [-0.4, -0.2) is 43.0 Å². The van der Waals surface area contributed by atoms with Crippen LogP contribution in [0.4, 0.5) is 5.69 Å². The third kappa shape index (κ3) is 3.61. The molecule has 0 radical (unpaired) electrons. The normalized spacial score (nSPS) is 18.5. The number of hydrogen-bond donors (Lipinski definition) is 1. The average molecular weight is 290 g/mol. The molecule has 1 aliphatic rings. The SMILES string of the molecule is COC(=O)C1CCCN1CC(=O)Nc1c(C)cccc1C. The Morgan fingerprint density at radius 2 is 2.00 bits per heavy atom. The number of anilines is 1. The highest BCUT2D eigenvalue weighted by Crippen LogP contribution is 2.21. The van der Waals surface area contributed by atoms with Gasteiger partial charge < -0.3 is 10.1 Å². The van der Waals surface area contributed by atoms with Gasteiger partial charge in [0.1, 0.15) is 6.04 Å². The molecule has 1 fully saturated rings. The molecule has 1 atom stereocenters. The maximum Gasteiger partial charge on any atom is 0.323 e. The lowest BCUT2D eigenvalue weighted by Gasteiger charge is -2.22. The van der Waals surface area contributed by atoms with Crippen molar-refractivity contribution >= 4 is 17.6 Å². The third-order valence-corrected chi connectivity index (χ3v) is 3.93. The van der Waals surface area contributed by atoms with E-state index in [9.17, 15) is 9.59 Å². The number of likely N-dealkylation sites (tertiary alicyclic amines) is 1. The highest BCUT2D eigenvalue weighted by Gasteiger charge is 2.32. The second-order valence-electron chi connectivity index (χ2n) is 5.47. The molecule has 0 aliphatic carbocycles. The van der Waals surface area contributed by atoms with Crippen LogP contribution in [0.2, 0.25) is 0 Å². The molecule has 0 spiro atoms. The van der Waals surface area contributed by atoms with Crippen molar-refractivity contribution in [3.05, 3.63) is 29.3 Å². The van der Waals surface area contributed by atoms with Crippen molar-refractivity contribution in [3.8, 4) is 0 Å². The van der Waals surface area contributed by atoms with Gasteiger partial charge in [0.25, 0.3) is 0 Å². The van der Waals surface area contributed by atoms with Crippen molar-refractivity contribution in [2.24, 2.45) is 0 Å². The minimum atomic E-state index is -0.293. The number of nitrogens with zero attached hydrogens (tertiary/aromatic N) is 1. The summed E-state index contributed by atoms with van der Waals surface area (Å²) in [4.78, 5) is 25.8. The van der Waals surface area contributed by atoms with Crippen molar-refractivity contribution in [3.63, 3.8) is 0 Å². The van der Waals surface area contributed by atoms with Gasteiger partial charge in [-0.3, -0.25) is 14.5 Å². The summed E-state index contributed by atoms with van der Waals surface area (Å²) in [7, 11) is 1.38. The molecule has 1 heterocycles. The molecule has 0 saturated carbocycles. The minimum Gasteiger partial charge on any atom is -0.468 e. The minimum absolute atomic E-state index is 0.0943. The Morgan fingerprint density at radius 3 is 2.62 bits per heavy atom. The second-order valence-corrected chi connectivity index (χ2v) is 5.47. The number of rotatable bonds is 4. The van der Waals surface area contributed by atoms with Gasteiger partial charge in [0.15, 0.2) is 0 Å². The molecule has 0 bridgehead atoms. The van der Waals surface area contributed by atoms with Gasteiger partial charge in [-0.2, -0.15) is 0 Å². The van der Waals surface area contributed by atoms with Gasteiger partial charge in [-0.1, -0.05) is 18.2 Å². The van der Waals surface area contributed by atoms with Gasteiger partial charge in [-0.25, -0.2) is 0 Å². The molecule has 1 aromatic rings. The number of amides is 1. The maximum atomic E-state index is 12.2. The highest BCUT2D eigenvalue weighted by molar-refractivity contribution is 5.94. The Labute approximate surface area is 125 Å². The molecule has 1 saturated heterocycles. The van der Waals surface area contributed by atoms with E-state index in [2.05, 4.69) is 5.32 Å². The van der Waals surface area contributed by atoms with E-state index in [0.29, 0.717) is 0 Å². The van der Waals surface area contributed by atoms with Crippen molar-refractivity contribution in [1.29, 1.82) is 0 Å². The van der Waals surface area contributed by atoms with Gasteiger partial charge in [0.05, 0.1) is 13.7 Å². The second kappa shape index (κ2) is 6.72. The lowest BCUT2D eigenvalue weighted by Crippen LogP contribution is -2.41. The zero-order valence-corrected chi connectivity index (χ0v) is 12.8. The van der Waals surface area contributed by atoms with Crippen molar-refractivity contribution in [2.45, 2.75) is 32.7 Å². The van der Waals surface area contributed by atoms with Crippen LogP contribution in [-0.2, 0) is 14.3 Å². The standard InChI is InChI=1S/C16H22N2O3/c1-11-6-4-7-12(2)15(11)17-14(19)10-18-9-5-8-13(18)16(20)21-3/h4,6-7,13H,5,8-10H2,1-3H3,(H,17,19). The molecular weight excluding hydrogens is 268 g/mol. The number of hydrogen-bond acceptors (Lipinski definition) is 4. The zero-order valence-electron chi connectivity index (χ0n) is 12.8. The summed E-state index contributed by atoms with van der Waals surface area (Å²) in [6.07, 6.45) is 1.67. The van der Waals surface area contributed by atoms with Crippen LogP contribution in [0.25, 0.3) is 0 Å². The van der Waals surface area contributed by atoms with E-state index >= 15 is 0 Å². The van der Waals surface area contributed by atoms with Crippen molar-refractivity contribution in [1.82, 2.24) is 4.90 Å². The van der Waals surface area contributed by atoms with Crippen molar-refractivity contribution in [2.75, 3.05) is 25.5 Å². The number of ether oxygens (including phenoxy) is 1. The van der Waals surface area contributed by atoms with Gasteiger partial charge in [0, 0.05) is 5.69 Å². The molecule has 114 valence electrons. The Hall–Kier alpha value is -1.88. The predicted octanol–water partition coefficient (Wildman–Crippen LogP) is 1.88. The first kappa shape index (κ1) is 15.5. The first-order chi connectivity index (χ1) is 10.0. The number of nitrogens with one attached hydrogen (secondary N) is 1. The molecule has 1 aromatic carbocycles. The van der Waals surface area contributed by atoms with E-state index in [1.54, 1.807) is 0 Å². The first-order valence-corrected chi connectivity index (χ1v) is 7.21. The Bertz CT molecular complexity index is 522. The number of benzene rings is 1. The predicted molar refractivity (Wildman–Crippen MR) is 81.2 cm³/mol. The average Bonchev–Trinajstić information content (AvgIpc) is 2.90. The molecule has 0 aromatic heterocycles. The van der Waals surface area contributed by atoms with Crippen LogP contribution in [0, 0.1) is 13.8 Å². The molecule has 1 aliphatic heterocycles. The van der Waals surface area contributed by atoms with Gasteiger partial charge in [-0.05, 0) is 44.4 Å². The summed E-state index contributed by atoms with van der Waals surface area (Å²) >= 11 is 0. The lowest BCUT2D eigenvalue weighted by atomic mass is 10.1. The molecule has 5 nitrogen and oxygen atoms in total. The summed E-state index contributed by atoms with van der Waals surface area (Å²) < 4.78 is 4.79. The summed E-state index contributed by atoms with van der Waals surface area (Å²) in [5.74, 6) is -0.351. The van der Waals surface area contributed by atoms with E-state index in [4.69, 9.17) is 4.74 Å². The van der Waals surface area contributed by atoms with E-state index < -0.39 is 0 Å². The fourth-order valence-electron chi connectivity index (χ4n) is 2.79. The van der Waals surface area contributed by atoms with Crippen LogP contribution >= 0.6 is 0 Å². The topological polar surface area (TPSA) is 58.6 Å². The third-order valence-electron chi connectivity index (χ3n) is 3.93. The fraction of sp³-hybridized carbons (Fsp3) is 0.500. The van der Waals surface area contributed by atoms with Gasteiger partial charge >= 0.3 is 5.97 Å². The number of carbonyl (C=O) groups excluding carboxylic acids is 2. The number of para-hydroxylation sites is 1.